The van der Waals surface area contributed by atoms with Gasteiger partial charge in [-0.3, -0.25) is 4.98 Å². The van der Waals surface area contributed by atoms with Crippen LogP contribution in [0, 0.1) is 22.7 Å². The lowest BCUT2D eigenvalue weighted by Crippen LogP contribution is -2.36. The molecule has 0 saturated carbocycles. The van der Waals surface area contributed by atoms with Gasteiger partial charge in [0.05, 0.1) is 67.5 Å². The predicted molar refractivity (Wildman–Crippen MR) is 317 cm³/mol. The molecule has 2 aliphatic heterocycles. The lowest BCUT2D eigenvalue weighted by Gasteiger charge is -2.45. The molecule has 12 aromatic rings. The van der Waals surface area contributed by atoms with E-state index in [-0.39, 0.29) is 0 Å². The second-order valence-corrected chi connectivity index (χ2v) is 20.8. The Hall–Kier alpha value is -11.0. The molecule has 2 aromatic heterocycles. The van der Waals surface area contributed by atoms with E-state index in [1.807, 2.05) is 42.5 Å². The van der Waals surface area contributed by atoms with Crippen LogP contribution in [0.3, 0.4) is 0 Å². The van der Waals surface area contributed by atoms with Crippen LogP contribution in [-0.4, -0.2) is 15.0 Å². The molecule has 2 aliphatic carbocycles. The highest BCUT2D eigenvalue weighted by Gasteiger charge is 2.53. The van der Waals surface area contributed by atoms with Gasteiger partial charge in [0.1, 0.15) is 12.1 Å². The van der Waals surface area contributed by atoms with E-state index in [9.17, 15) is 10.5 Å². The van der Waals surface area contributed by atoms with Crippen LogP contribution in [0.1, 0.15) is 55.6 Å². The van der Waals surface area contributed by atoms with Crippen LogP contribution in [0.15, 0.2) is 261 Å². The molecule has 0 N–H and O–H groups in total. The molecule has 80 heavy (non-hydrogen) atoms. The van der Waals surface area contributed by atoms with Gasteiger partial charge in [-0.2, -0.15) is 10.5 Å². The molecule has 0 unspecified atom stereocenters. The molecule has 0 atom stereocenters. The molecule has 0 radical (unpaired) electrons. The zero-order valence-electron chi connectivity index (χ0n) is 43.0. The van der Waals surface area contributed by atoms with Crippen molar-refractivity contribution in [1.82, 2.24) is 15.0 Å². The van der Waals surface area contributed by atoms with Crippen LogP contribution in [0.25, 0.3) is 56.2 Å². The van der Waals surface area contributed by atoms with Gasteiger partial charge in [-0.05, 0) is 121 Å². The summed E-state index contributed by atoms with van der Waals surface area (Å²) in [6.07, 6.45) is 3.53. The minimum atomic E-state index is -0.647. The van der Waals surface area contributed by atoms with Crippen LogP contribution in [0.5, 0.6) is 0 Å². The Morgan fingerprint density at radius 1 is 0.325 bits per heavy atom. The van der Waals surface area contributed by atoms with E-state index in [1.165, 1.54) is 44.5 Å². The number of nitriles is 2. The average molecular weight is 1020 g/mol. The first-order valence-corrected chi connectivity index (χ1v) is 26.9. The number of aromatic nitrogens is 3. The molecular weight excluding hydrogens is 975 g/mol. The highest BCUT2D eigenvalue weighted by atomic mass is 15.2. The topological polar surface area (TPSA) is 92.7 Å². The van der Waals surface area contributed by atoms with Crippen molar-refractivity contribution >= 4 is 34.1 Å². The Bertz CT molecular complexity index is 4220. The SMILES string of the molecule is N#Cc1cccc(-c2cc(-c3cccc(C#N)c3N3c4ccccc4C4(c5ccccc5-c5ccccc54)c4ccccc43)nc(-c3cccnc3)n2)c1N1c2ccccc2C2(c3ccccc3-c3ccccc32)c2ccccc21. The number of hydrogen-bond donors (Lipinski definition) is 0. The second kappa shape index (κ2) is 17.3. The first-order chi connectivity index (χ1) is 39.6. The molecule has 7 heteroatoms. The molecule has 0 bridgehead atoms. The fourth-order valence-electron chi connectivity index (χ4n) is 14.1. The van der Waals surface area contributed by atoms with Crippen molar-refractivity contribution in [2.24, 2.45) is 0 Å². The number of para-hydroxylation sites is 6. The van der Waals surface area contributed by atoms with Crippen molar-refractivity contribution in [3.05, 3.63) is 317 Å². The number of fused-ring (bicyclic) bond motifs is 18. The number of pyridine rings is 1. The number of benzene rings is 10. The van der Waals surface area contributed by atoms with E-state index in [4.69, 9.17) is 9.97 Å². The van der Waals surface area contributed by atoms with Crippen LogP contribution in [0.4, 0.5) is 34.1 Å². The summed E-state index contributed by atoms with van der Waals surface area (Å²) in [5.41, 5.74) is 22.4. The third-order valence-corrected chi connectivity index (χ3v) is 17.1. The van der Waals surface area contributed by atoms with E-state index in [0.717, 1.165) is 61.7 Å². The summed E-state index contributed by atoms with van der Waals surface area (Å²) < 4.78 is 0. The van der Waals surface area contributed by atoms with Crippen molar-refractivity contribution < 1.29 is 0 Å². The maximum absolute atomic E-state index is 11.4. The van der Waals surface area contributed by atoms with Crippen LogP contribution in [0.2, 0.25) is 0 Å². The molecule has 370 valence electrons. The molecule has 7 nitrogen and oxygen atoms in total. The van der Waals surface area contributed by atoms with Gasteiger partial charge >= 0.3 is 0 Å². The third kappa shape index (κ3) is 5.98. The molecule has 4 aliphatic rings. The predicted octanol–water partition coefficient (Wildman–Crippen LogP) is 16.9. The van der Waals surface area contributed by atoms with Crippen molar-refractivity contribution in [1.29, 1.82) is 10.5 Å². The number of anilines is 6. The molecule has 4 heterocycles. The third-order valence-electron chi connectivity index (χ3n) is 17.1. The lowest BCUT2D eigenvalue weighted by atomic mass is 9.64. The summed E-state index contributed by atoms with van der Waals surface area (Å²) >= 11 is 0. The molecule has 16 rings (SSSR count). The van der Waals surface area contributed by atoms with Crippen molar-refractivity contribution in [2.75, 3.05) is 9.80 Å². The van der Waals surface area contributed by atoms with Crippen molar-refractivity contribution in [3.8, 4) is 68.3 Å². The summed E-state index contributed by atoms with van der Waals surface area (Å²) in [6, 6.07) is 92.7. The monoisotopic (exact) mass is 1020 g/mol. The van der Waals surface area contributed by atoms with Gasteiger partial charge in [0.15, 0.2) is 5.82 Å². The first-order valence-electron chi connectivity index (χ1n) is 26.9. The molecule has 10 aromatic carbocycles. The maximum Gasteiger partial charge on any atom is 0.161 e. The summed E-state index contributed by atoms with van der Waals surface area (Å²) in [7, 11) is 0. The van der Waals surface area contributed by atoms with Crippen LogP contribution in [-0.2, 0) is 10.8 Å². The van der Waals surface area contributed by atoms with E-state index < -0.39 is 10.8 Å². The Balaban J connectivity index is 0.943. The van der Waals surface area contributed by atoms with Gasteiger partial charge in [0.25, 0.3) is 0 Å². The zero-order valence-corrected chi connectivity index (χ0v) is 43.0. The maximum atomic E-state index is 11.4. The summed E-state index contributed by atoms with van der Waals surface area (Å²) in [5.74, 6) is 0.447. The van der Waals surface area contributed by atoms with E-state index in [1.54, 1.807) is 12.4 Å². The van der Waals surface area contributed by atoms with Gasteiger partial charge in [-0.25, -0.2) is 9.97 Å². The fourth-order valence-corrected chi connectivity index (χ4v) is 14.1. The minimum absolute atomic E-state index is 0.447. The van der Waals surface area contributed by atoms with Crippen molar-refractivity contribution in [3.63, 3.8) is 0 Å². The van der Waals surface area contributed by atoms with Crippen molar-refractivity contribution in [2.45, 2.75) is 10.8 Å². The molecule has 0 amide bonds. The Kier molecular flexibility index (Phi) is 9.76. The number of hydrogen-bond acceptors (Lipinski definition) is 7. The summed E-state index contributed by atoms with van der Waals surface area (Å²) in [5, 5.41) is 22.8. The zero-order chi connectivity index (χ0) is 53.1. The Morgan fingerprint density at radius 2 is 0.650 bits per heavy atom. The normalized spacial score (nSPS) is 13.9. The molecule has 2 spiro atoms. The highest BCUT2D eigenvalue weighted by molar-refractivity contribution is 6.02. The van der Waals surface area contributed by atoms with Crippen LogP contribution < -0.4 is 9.80 Å². The molecule has 0 fully saturated rings. The van der Waals surface area contributed by atoms with E-state index in [0.29, 0.717) is 39.7 Å². The summed E-state index contributed by atoms with van der Waals surface area (Å²) in [4.78, 5) is 20.0. The van der Waals surface area contributed by atoms with Gasteiger partial charge < -0.3 is 9.80 Å². The number of nitrogens with zero attached hydrogens (tertiary/aromatic N) is 7. The second-order valence-electron chi connectivity index (χ2n) is 20.8. The first kappa shape index (κ1) is 45.2. The molecule has 0 saturated heterocycles. The number of rotatable bonds is 5. The van der Waals surface area contributed by atoms with Gasteiger partial charge in [0.2, 0.25) is 0 Å². The summed E-state index contributed by atoms with van der Waals surface area (Å²) in [6.45, 7) is 0. The van der Waals surface area contributed by atoms with Crippen LogP contribution >= 0.6 is 0 Å². The Morgan fingerprint density at radius 3 is 0.988 bits per heavy atom. The Labute approximate surface area is 462 Å². The van der Waals surface area contributed by atoms with Gasteiger partial charge in [-0.15, -0.1) is 0 Å². The quantitative estimate of drug-likeness (QED) is 0.170. The fraction of sp³-hybridized carbons (Fsp3) is 0.0274. The van der Waals surface area contributed by atoms with E-state index in [2.05, 4.69) is 233 Å². The van der Waals surface area contributed by atoms with Gasteiger partial charge in [0, 0.05) is 29.1 Å². The highest BCUT2D eigenvalue weighted by Crippen LogP contribution is 2.66. The standard InChI is InChI=1S/C73H43N7/c74-43-46-20-17-27-53(69(46)79-65-37-13-9-33-59(65)72(60-34-10-14-38-66(60)79)55-29-5-1-23-49(55)50-24-2-6-30-56(50)72)63-42-64(78-71(77-63)48-22-19-41-76-45-48)54-28-18-21-47(44-75)70(54)80-67-39-15-11-35-61(67)73(62-36-12-16-40-68(62)80)57-31-7-3-25-51(57)52-26-4-8-32-58(52)73/h1-42,45H. The molecular formula is C73H43N7. The van der Waals surface area contributed by atoms with Gasteiger partial charge in [-0.1, -0.05) is 194 Å². The van der Waals surface area contributed by atoms with E-state index >= 15 is 0 Å². The average Bonchev–Trinajstić information content (AvgIpc) is 3.67. The minimum Gasteiger partial charge on any atom is -0.308 e. The smallest absolute Gasteiger partial charge is 0.161 e. The largest absolute Gasteiger partial charge is 0.308 e. The lowest BCUT2D eigenvalue weighted by molar-refractivity contribution is 0.752.